The minimum atomic E-state index is -0.274. The van der Waals surface area contributed by atoms with Crippen LogP contribution < -0.4 is 5.46 Å². The Morgan fingerprint density at radius 2 is 1.22 bits per heavy atom. The molecule has 2 nitrogen and oxygen atoms in total. The summed E-state index contributed by atoms with van der Waals surface area (Å²) in [7, 11) is 1.92. The van der Waals surface area contributed by atoms with Gasteiger partial charge in [0.2, 0.25) is 0 Å². The highest BCUT2D eigenvalue weighted by Crippen LogP contribution is 2.35. The Morgan fingerprint density at radius 3 is 2.00 bits per heavy atom. The number of rotatable bonds is 4. The van der Waals surface area contributed by atoms with Crippen LogP contribution in [0.5, 0.6) is 0 Å². The lowest BCUT2D eigenvalue weighted by molar-refractivity contribution is 0.00504. The molecule has 5 aromatic carbocycles. The fourth-order valence-electron chi connectivity index (χ4n) is 4.86. The molecule has 0 amide bonds. The minimum Gasteiger partial charge on any atom is -0.429 e. The molecule has 6 rings (SSSR count). The van der Waals surface area contributed by atoms with Crippen molar-refractivity contribution in [1.29, 1.82) is 0 Å². The van der Waals surface area contributed by atoms with Crippen molar-refractivity contribution < 1.29 is 4.65 Å². The molecule has 0 aliphatic heterocycles. The number of fused-ring (bicyclic) bond motifs is 6. The van der Waals surface area contributed by atoms with E-state index in [0.29, 0.717) is 0 Å². The highest BCUT2D eigenvalue weighted by molar-refractivity contribution is 6.47. The van der Waals surface area contributed by atoms with Crippen molar-refractivity contribution >= 4 is 56.3 Å². The Hall–Kier alpha value is -3.56. The number of hydrogen-bond acceptors (Lipinski definition) is 1. The topological polar surface area (TPSA) is 14.2 Å². The van der Waals surface area contributed by atoms with E-state index < -0.39 is 0 Å². The van der Waals surface area contributed by atoms with Crippen molar-refractivity contribution in [3.05, 3.63) is 97.1 Å². The maximum absolute atomic E-state index is 6.29. The molecule has 0 saturated carbocycles. The summed E-state index contributed by atoms with van der Waals surface area (Å²) < 4.78 is 8.67. The zero-order valence-electron chi connectivity index (χ0n) is 21.7. The first-order valence-electron chi connectivity index (χ1n) is 12.7. The van der Waals surface area contributed by atoms with Crippen molar-refractivity contribution in [2.75, 3.05) is 0 Å². The maximum atomic E-state index is 6.29. The fraction of sp³-hybridized carbons (Fsp3) is 0.212. The van der Waals surface area contributed by atoms with Gasteiger partial charge in [0.05, 0.1) is 16.6 Å². The molecule has 0 N–H and O–H groups in total. The predicted octanol–water partition coefficient (Wildman–Crippen LogP) is 8.18. The fourth-order valence-corrected chi connectivity index (χ4v) is 4.86. The SMILES string of the molecule is CC(C)(C)C(C)(C)O[B]c1ccc2c(c1)c1ccccc1n2-c1ccc2ccc3ccccc3c2c1. The molecule has 177 valence electrons. The van der Waals surface area contributed by atoms with Crippen molar-refractivity contribution in [1.82, 2.24) is 4.57 Å². The second-order valence-corrected chi connectivity index (χ2v) is 11.3. The lowest BCUT2D eigenvalue weighted by atomic mass is 9.76. The van der Waals surface area contributed by atoms with Gasteiger partial charge in [-0.05, 0) is 65.1 Å². The Morgan fingerprint density at radius 1 is 0.583 bits per heavy atom. The zero-order chi connectivity index (χ0) is 25.1. The summed E-state index contributed by atoms with van der Waals surface area (Å²) in [4.78, 5) is 0. The van der Waals surface area contributed by atoms with E-state index in [2.05, 4.69) is 136 Å². The van der Waals surface area contributed by atoms with Crippen molar-refractivity contribution in [2.45, 2.75) is 40.2 Å². The van der Waals surface area contributed by atoms with E-state index in [4.69, 9.17) is 4.65 Å². The first-order chi connectivity index (χ1) is 17.2. The highest BCUT2D eigenvalue weighted by Gasteiger charge is 2.33. The number of para-hydroxylation sites is 1. The van der Waals surface area contributed by atoms with E-state index in [1.165, 1.54) is 49.0 Å². The number of nitrogens with zero attached hydrogens (tertiary/aromatic N) is 1. The average molecular weight is 468 g/mol. The summed E-state index contributed by atoms with van der Waals surface area (Å²) >= 11 is 0. The van der Waals surface area contributed by atoms with Gasteiger partial charge in [-0.15, -0.1) is 0 Å². The van der Waals surface area contributed by atoms with Gasteiger partial charge in [0, 0.05) is 16.5 Å². The third kappa shape index (κ3) is 3.70. The molecule has 1 aromatic heterocycles. The first kappa shape index (κ1) is 22.9. The summed E-state index contributed by atoms with van der Waals surface area (Å²) in [6.07, 6.45) is 0. The molecule has 0 atom stereocenters. The number of benzene rings is 5. The van der Waals surface area contributed by atoms with Gasteiger partial charge in [-0.3, -0.25) is 0 Å². The molecule has 1 radical (unpaired) electrons. The summed E-state index contributed by atoms with van der Waals surface area (Å²) in [6, 6.07) is 35.2. The third-order valence-electron chi connectivity index (χ3n) is 7.98. The van der Waals surface area contributed by atoms with Crippen LogP contribution >= 0.6 is 0 Å². The molecule has 3 heteroatoms. The zero-order valence-corrected chi connectivity index (χ0v) is 21.7. The van der Waals surface area contributed by atoms with Gasteiger partial charge in [0.15, 0.2) is 0 Å². The van der Waals surface area contributed by atoms with E-state index in [0.717, 1.165) is 5.46 Å². The van der Waals surface area contributed by atoms with Gasteiger partial charge < -0.3 is 9.22 Å². The quantitative estimate of drug-likeness (QED) is 0.188. The van der Waals surface area contributed by atoms with E-state index in [9.17, 15) is 0 Å². The second-order valence-electron chi connectivity index (χ2n) is 11.3. The molecule has 0 aliphatic rings. The van der Waals surface area contributed by atoms with Crippen molar-refractivity contribution in [3.8, 4) is 5.69 Å². The smallest absolute Gasteiger partial charge is 0.330 e. The highest BCUT2D eigenvalue weighted by atomic mass is 16.5. The van der Waals surface area contributed by atoms with Crippen LogP contribution in [0.15, 0.2) is 97.1 Å². The Balaban J connectivity index is 1.51. The standard InChI is InChI=1S/C33H31BNO/c1-32(2,3)33(4,5)36-34-24-17-19-31-29(20-24)27-12-8-9-13-30(27)35(31)25-18-16-23-15-14-22-10-6-7-11-26(22)28(23)21-25/h6-21H,1-5H3. The van der Waals surface area contributed by atoms with Crippen LogP contribution in [-0.4, -0.2) is 17.7 Å². The minimum absolute atomic E-state index is 0.0316. The van der Waals surface area contributed by atoms with Crippen LogP contribution in [0, 0.1) is 5.41 Å². The lowest BCUT2D eigenvalue weighted by Gasteiger charge is -2.39. The van der Waals surface area contributed by atoms with Crippen LogP contribution in [0.2, 0.25) is 0 Å². The van der Waals surface area contributed by atoms with Crippen LogP contribution in [0.25, 0.3) is 49.0 Å². The van der Waals surface area contributed by atoms with Crippen molar-refractivity contribution in [2.24, 2.45) is 5.41 Å². The van der Waals surface area contributed by atoms with Crippen LogP contribution in [-0.2, 0) is 4.65 Å². The van der Waals surface area contributed by atoms with Gasteiger partial charge in [-0.25, -0.2) is 0 Å². The Bertz CT molecular complexity index is 1750. The van der Waals surface area contributed by atoms with E-state index in [1.807, 2.05) is 7.48 Å². The lowest BCUT2D eigenvalue weighted by Crippen LogP contribution is -2.42. The molecule has 0 unspecified atom stereocenters. The van der Waals surface area contributed by atoms with Crippen molar-refractivity contribution in [3.63, 3.8) is 0 Å². The first-order valence-corrected chi connectivity index (χ1v) is 12.7. The van der Waals surface area contributed by atoms with Crippen LogP contribution in [0.1, 0.15) is 34.6 Å². The molecular formula is C33H31BNO. The van der Waals surface area contributed by atoms with Gasteiger partial charge in [-0.2, -0.15) is 0 Å². The Kier molecular flexibility index (Phi) is 5.24. The molecule has 1 heterocycles. The number of hydrogen-bond donors (Lipinski definition) is 0. The third-order valence-corrected chi connectivity index (χ3v) is 7.98. The van der Waals surface area contributed by atoms with Crippen LogP contribution in [0.3, 0.4) is 0 Å². The summed E-state index contributed by atoms with van der Waals surface area (Å²) in [5.41, 5.74) is 4.41. The largest absolute Gasteiger partial charge is 0.429 e. The van der Waals surface area contributed by atoms with Gasteiger partial charge in [-0.1, -0.05) is 99.0 Å². The monoisotopic (exact) mass is 468 g/mol. The van der Waals surface area contributed by atoms with Gasteiger partial charge >= 0.3 is 7.48 Å². The molecule has 0 bridgehead atoms. The van der Waals surface area contributed by atoms with E-state index in [-0.39, 0.29) is 11.0 Å². The normalized spacial score (nSPS) is 12.7. The summed E-state index contributed by atoms with van der Waals surface area (Å²) in [5.74, 6) is 0. The molecule has 36 heavy (non-hydrogen) atoms. The predicted molar refractivity (Wildman–Crippen MR) is 156 cm³/mol. The average Bonchev–Trinajstić information content (AvgIpc) is 3.20. The van der Waals surface area contributed by atoms with Crippen LogP contribution in [0.4, 0.5) is 0 Å². The molecule has 0 spiro atoms. The van der Waals surface area contributed by atoms with E-state index in [1.54, 1.807) is 0 Å². The van der Waals surface area contributed by atoms with Gasteiger partial charge in [0.25, 0.3) is 0 Å². The molecular weight excluding hydrogens is 437 g/mol. The molecule has 0 fully saturated rings. The second kappa shape index (κ2) is 8.25. The summed E-state index contributed by atoms with van der Waals surface area (Å²) in [6.45, 7) is 10.9. The Labute approximate surface area is 213 Å². The maximum Gasteiger partial charge on any atom is 0.330 e. The number of aromatic nitrogens is 1. The molecule has 0 aliphatic carbocycles. The molecule has 6 aromatic rings. The molecule has 0 saturated heterocycles. The van der Waals surface area contributed by atoms with E-state index >= 15 is 0 Å². The van der Waals surface area contributed by atoms with Gasteiger partial charge in [0.1, 0.15) is 0 Å². The summed E-state index contributed by atoms with van der Waals surface area (Å²) in [5, 5.41) is 7.56.